The van der Waals surface area contributed by atoms with Crippen LogP contribution in [0.25, 0.3) is 0 Å². The van der Waals surface area contributed by atoms with Crippen LogP contribution in [-0.2, 0) is 6.54 Å². The molecule has 2 nitrogen and oxygen atoms in total. The fourth-order valence-electron chi connectivity index (χ4n) is 3.17. The third-order valence-electron chi connectivity index (χ3n) is 4.54. The van der Waals surface area contributed by atoms with Crippen molar-refractivity contribution in [3.05, 3.63) is 35.4 Å². The number of likely N-dealkylation sites (tertiary alicyclic amines) is 1. The Hall–Kier alpha value is -0.860. The van der Waals surface area contributed by atoms with E-state index in [1.165, 1.54) is 50.0 Å². The third kappa shape index (κ3) is 4.60. The van der Waals surface area contributed by atoms with Gasteiger partial charge in [0.05, 0.1) is 0 Å². The van der Waals surface area contributed by atoms with E-state index in [-0.39, 0.29) is 0 Å². The zero-order chi connectivity index (χ0) is 14.4. The van der Waals surface area contributed by atoms with Crippen LogP contribution in [0.5, 0.6) is 0 Å². The van der Waals surface area contributed by atoms with Gasteiger partial charge < -0.3 is 10.2 Å². The van der Waals surface area contributed by atoms with Crippen molar-refractivity contribution in [3.8, 4) is 0 Å². The Morgan fingerprint density at radius 2 is 2.05 bits per heavy atom. The van der Waals surface area contributed by atoms with Gasteiger partial charge in [0.2, 0.25) is 0 Å². The van der Waals surface area contributed by atoms with Crippen molar-refractivity contribution in [2.45, 2.75) is 52.6 Å². The molecular formula is C18H30N2. The van der Waals surface area contributed by atoms with Gasteiger partial charge in [-0.3, -0.25) is 0 Å². The zero-order valence-electron chi connectivity index (χ0n) is 13.4. The molecule has 1 saturated heterocycles. The van der Waals surface area contributed by atoms with E-state index in [0.29, 0.717) is 6.04 Å². The van der Waals surface area contributed by atoms with Crippen molar-refractivity contribution >= 4 is 0 Å². The van der Waals surface area contributed by atoms with E-state index in [2.05, 4.69) is 55.3 Å². The van der Waals surface area contributed by atoms with E-state index in [1.807, 2.05) is 0 Å². The van der Waals surface area contributed by atoms with Crippen molar-refractivity contribution in [2.24, 2.45) is 5.92 Å². The average molecular weight is 274 g/mol. The van der Waals surface area contributed by atoms with Crippen molar-refractivity contribution in [3.63, 3.8) is 0 Å². The number of hydrogen-bond donors (Lipinski definition) is 1. The van der Waals surface area contributed by atoms with Crippen LogP contribution in [-0.4, -0.2) is 30.6 Å². The van der Waals surface area contributed by atoms with Crippen LogP contribution in [0.3, 0.4) is 0 Å². The van der Waals surface area contributed by atoms with Crippen LogP contribution in [0, 0.1) is 12.8 Å². The molecule has 1 fully saturated rings. The number of benzene rings is 1. The number of aryl methyl sites for hydroxylation is 1. The molecule has 0 radical (unpaired) electrons. The summed E-state index contributed by atoms with van der Waals surface area (Å²) >= 11 is 0. The van der Waals surface area contributed by atoms with E-state index < -0.39 is 0 Å². The topological polar surface area (TPSA) is 15.3 Å². The molecule has 0 spiro atoms. The Kier molecular flexibility index (Phi) is 6.06. The molecule has 1 heterocycles. The predicted molar refractivity (Wildman–Crippen MR) is 86.9 cm³/mol. The summed E-state index contributed by atoms with van der Waals surface area (Å²) in [5.41, 5.74) is 2.73. The molecule has 2 rings (SSSR count). The molecule has 0 aliphatic carbocycles. The third-order valence-corrected chi connectivity index (χ3v) is 4.54. The quantitative estimate of drug-likeness (QED) is 0.853. The van der Waals surface area contributed by atoms with Crippen LogP contribution in [0.4, 0.5) is 0 Å². The first-order valence-electron chi connectivity index (χ1n) is 8.20. The van der Waals surface area contributed by atoms with Crippen LogP contribution >= 0.6 is 0 Å². The van der Waals surface area contributed by atoms with Gasteiger partial charge in [-0.15, -0.1) is 0 Å². The largest absolute Gasteiger partial charge is 0.310 e. The van der Waals surface area contributed by atoms with E-state index in [4.69, 9.17) is 0 Å². The summed E-state index contributed by atoms with van der Waals surface area (Å²) in [5.74, 6) is 0.806. The molecule has 1 N–H and O–H groups in total. The first kappa shape index (κ1) is 15.5. The van der Waals surface area contributed by atoms with Gasteiger partial charge in [0, 0.05) is 19.1 Å². The lowest BCUT2D eigenvalue weighted by atomic mass is 9.91. The monoisotopic (exact) mass is 274 g/mol. The Balaban J connectivity index is 1.79. The standard InChI is InChI=1S/C18H30N2/c1-4-11-20-12-5-6-18(14-20)16(3)19-13-17-9-7-15(2)8-10-17/h7-10,16,18-19H,4-6,11-14H2,1-3H3. The fourth-order valence-corrected chi connectivity index (χ4v) is 3.17. The highest BCUT2D eigenvalue weighted by Crippen LogP contribution is 2.20. The lowest BCUT2D eigenvalue weighted by molar-refractivity contribution is 0.150. The summed E-state index contributed by atoms with van der Waals surface area (Å²) in [5, 5.41) is 3.72. The van der Waals surface area contributed by atoms with Crippen molar-refractivity contribution in [2.75, 3.05) is 19.6 Å². The van der Waals surface area contributed by atoms with Crippen LogP contribution in [0.15, 0.2) is 24.3 Å². The maximum Gasteiger partial charge on any atom is 0.0208 e. The second-order valence-corrected chi connectivity index (χ2v) is 6.36. The van der Waals surface area contributed by atoms with Crippen LogP contribution < -0.4 is 5.32 Å². The maximum atomic E-state index is 3.72. The summed E-state index contributed by atoms with van der Waals surface area (Å²) in [7, 11) is 0. The molecular weight excluding hydrogens is 244 g/mol. The highest BCUT2D eigenvalue weighted by molar-refractivity contribution is 5.21. The summed E-state index contributed by atoms with van der Waals surface area (Å²) in [6.45, 7) is 11.6. The first-order valence-corrected chi connectivity index (χ1v) is 8.20. The zero-order valence-corrected chi connectivity index (χ0v) is 13.4. The van der Waals surface area contributed by atoms with Gasteiger partial charge in [-0.05, 0) is 57.7 Å². The molecule has 112 valence electrons. The van der Waals surface area contributed by atoms with Gasteiger partial charge in [-0.2, -0.15) is 0 Å². The van der Waals surface area contributed by atoms with E-state index >= 15 is 0 Å². The number of hydrogen-bond acceptors (Lipinski definition) is 2. The summed E-state index contributed by atoms with van der Waals surface area (Å²) in [6.07, 6.45) is 4.02. The summed E-state index contributed by atoms with van der Waals surface area (Å²) < 4.78 is 0. The Bertz CT molecular complexity index is 383. The first-order chi connectivity index (χ1) is 9.69. The summed E-state index contributed by atoms with van der Waals surface area (Å²) in [4.78, 5) is 2.64. The lowest BCUT2D eigenvalue weighted by Crippen LogP contribution is -2.44. The van der Waals surface area contributed by atoms with Gasteiger partial charge in [0.25, 0.3) is 0 Å². The minimum atomic E-state index is 0.607. The smallest absolute Gasteiger partial charge is 0.0208 e. The number of nitrogens with zero attached hydrogens (tertiary/aromatic N) is 1. The van der Waals surface area contributed by atoms with Gasteiger partial charge in [-0.25, -0.2) is 0 Å². The number of piperidine rings is 1. The Morgan fingerprint density at radius 1 is 1.30 bits per heavy atom. The van der Waals surface area contributed by atoms with Crippen LogP contribution in [0.1, 0.15) is 44.2 Å². The van der Waals surface area contributed by atoms with E-state index in [1.54, 1.807) is 0 Å². The minimum Gasteiger partial charge on any atom is -0.310 e. The molecule has 1 aromatic carbocycles. The van der Waals surface area contributed by atoms with Crippen LogP contribution in [0.2, 0.25) is 0 Å². The molecule has 0 amide bonds. The molecule has 2 atom stereocenters. The Labute approximate surface area is 124 Å². The number of nitrogens with one attached hydrogen (secondary N) is 1. The molecule has 2 unspecified atom stereocenters. The normalized spacial score (nSPS) is 21.9. The van der Waals surface area contributed by atoms with Gasteiger partial charge in [-0.1, -0.05) is 36.8 Å². The highest BCUT2D eigenvalue weighted by Gasteiger charge is 2.23. The lowest BCUT2D eigenvalue weighted by Gasteiger charge is -2.36. The molecule has 1 aliphatic heterocycles. The molecule has 20 heavy (non-hydrogen) atoms. The average Bonchev–Trinajstić information content (AvgIpc) is 2.47. The molecule has 1 aliphatic rings. The second kappa shape index (κ2) is 7.80. The molecule has 0 aromatic heterocycles. The molecule has 2 heteroatoms. The Morgan fingerprint density at radius 3 is 2.75 bits per heavy atom. The van der Waals surface area contributed by atoms with Crippen molar-refractivity contribution in [1.82, 2.24) is 10.2 Å². The minimum absolute atomic E-state index is 0.607. The van der Waals surface area contributed by atoms with Gasteiger partial charge in [0.1, 0.15) is 0 Å². The van der Waals surface area contributed by atoms with E-state index in [9.17, 15) is 0 Å². The second-order valence-electron chi connectivity index (χ2n) is 6.36. The fraction of sp³-hybridized carbons (Fsp3) is 0.667. The van der Waals surface area contributed by atoms with Crippen molar-refractivity contribution < 1.29 is 0 Å². The number of rotatable bonds is 6. The molecule has 0 bridgehead atoms. The predicted octanol–water partition coefficient (Wildman–Crippen LogP) is 3.60. The van der Waals surface area contributed by atoms with Gasteiger partial charge in [0.15, 0.2) is 0 Å². The van der Waals surface area contributed by atoms with Crippen molar-refractivity contribution in [1.29, 1.82) is 0 Å². The SMILES string of the molecule is CCCN1CCCC(C(C)NCc2ccc(C)cc2)C1. The summed E-state index contributed by atoms with van der Waals surface area (Å²) in [6, 6.07) is 9.48. The van der Waals surface area contributed by atoms with Gasteiger partial charge >= 0.3 is 0 Å². The maximum absolute atomic E-state index is 3.72. The molecule has 1 aromatic rings. The van der Waals surface area contributed by atoms with E-state index in [0.717, 1.165) is 12.5 Å². The highest BCUT2D eigenvalue weighted by atomic mass is 15.1. The molecule has 0 saturated carbocycles.